The summed E-state index contributed by atoms with van der Waals surface area (Å²) in [4.78, 5) is 19.1. The third-order valence-electron chi connectivity index (χ3n) is 2.44. The highest BCUT2D eigenvalue weighted by atomic mass is 32.2. The van der Waals surface area contributed by atoms with E-state index in [9.17, 15) is 4.79 Å². The fraction of sp³-hybridized carbons (Fsp3) is 0.667. The first kappa shape index (κ1) is 13.3. The molecule has 0 amide bonds. The van der Waals surface area contributed by atoms with Gasteiger partial charge in [0.2, 0.25) is 0 Å². The number of thioether (sulfide) groups is 1. The lowest BCUT2D eigenvalue weighted by Crippen LogP contribution is -2.17. The summed E-state index contributed by atoms with van der Waals surface area (Å²) in [5, 5.41) is 0.760. The van der Waals surface area contributed by atoms with E-state index in [-0.39, 0.29) is 5.56 Å². The van der Waals surface area contributed by atoms with Gasteiger partial charge in [0.15, 0.2) is 5.16 Å². The molecule has 90 valence electrons. The molecule has 1 heterocycles. The van der Waals surface area contributed by atoms with Crippen LogP contribution < -0.4 is 5.56 Å². The Morgan fingerprint density at radius 2 is 2.06 bits per heavy atom. The van der Waals surface area contributed by atoms with E-state index in [0.29, 0.717) is 0 Å². The molecule has 0 saturated carbocycles. The van der Waals surface area contributed by atoms with Crippen LogP contribution in [0.1, 0.15) is 44.4 Å². The van der Waals surface area contributed by atoms with Crippen LogP contribution in [0.15, 0.2) is 9.95 Å². The van der Waals surface area contributed by atoms with E-state index in [1.807, 2.05) is 6.92 Å². The van der Waals surface area contributed by atoms with Gasteiger partial charge in [-0.05, 0) is 19.8 Å². The minimum atomic E-state index is 0.0355. The van der Waals surface area contributed by atoms with E-state index < -0.39 is 0 Å². The lowest BCUT2D eigenvalue weighted by Gasteiger charge is -2.05. The topological polar surface area (TPSA) is 45.8 Å². The Hall–Kier alpha value is -0.770. The minimum absolute atomic E-state index is 0.0355. The smallest absolute Gasteiger partial charge is 0.254 e. The molecule has 4 heteroatoms. The Morgan fingerprint density at radius 3 is 2.62 bits per heavy atom. The van der Waals surface area contributed by atoms with Crippen molar-refractivity contribution in [3.05, 3.63) is 21.6 Å². The average molecular weight is 240 g/mol. The Bertz CT molecular complexity index is 387. The fourth-order valence-corrected chi connectivity index (χ4v) is 2.50. The fourth-order valence-electron chi connectivity index (χ4n) is 1.51. The van der Waals surface area contributed by atoms with E-state index in [4.69, 9.17) is 0 Å². The summed E-state index contributed by atoms with van der Waals surface area (Å²) in [7, 11) is 0. The SMILES string of the molecule is CCCCSc1nc(C)c(CCC)c(=O)[nH]1. The van der Waals surface area contributed by atoms with Crippen molar-refractivity contribution in [2.24, 2.45) is 0 Å². The van der Waals surface area contributed by atoms with Crippen molar-refractivity contribution in [3.63, 3.8) is 0 Å². The molecule has 0 aliphatic heterocycles. The number of H-pyrrole nitrogens is 1. The van der Waals surface area contributed by atoms with Gasteiger partial charge in [0.05, 0.1) is 0 Å². The van der Waals surface area contributed by atoms with E-state index in [1.165, 1.54) is 6.42 Å². The second-order valence-corrected chi connectivity index (χ2v) is 4.97. The number of hydrogen-bond donors (Lipinski definition) is 1. The number of nitrogens with zero attached hydrogens (tertiary/aromatic N) is 1. The highest BCUT2D eigenvalue weighted by Crippen LogP contribution is 2.14. The van der Waals surface area contributed by atoms with Crippen LogP contribution in [0.3, 0.4) is 0 Å². The highest BCUT2D eigenvalue weighted by Gasteiger charge is 2.07. The molecule has 0 aliphatic rings. The molecule has 1 aromatic rings. The predicted octanol–water partition coefficient (Wildman–Crippen LogP) is 2.92. The zero-order chi connectivity index (χ0) is 12.0. The van der Waals surface area contributed by atoms with Gasteiger partial charge in [-0.3, -0.25) is 4.79 Å². The molecule has 16 heavy (non-hydrogen) atoms. The lowest BCUT2D eigenvalue weighted by atomic mass is 10.1. The number of hydrogen-bond acceptors (Lipinski definition) is 3. The van der Waals surface area contributed by atoms with Gasteiger partial charge in [0, 0.05) is 17.0 Å². The van der Waals surface area contributed by atoms with Crippen molar-refractivity contribution in [1.29, 1.82) is 0 Å². The third-order valence-corrected chi connectivity index (χ3v) is 3.40. The summed E-state index contributed by atoms with van der Waals surface area (Å²) < 4.78 is 0. The van der Waals surface area contributed by atoms with Gasteiger partial charge in [-0.15, -0.1) is 0 Å². The van der Waals surface area contributed by atoms with Crippen molar-refractivity contribution >= 4 is 11.8 Å². The summed E-state index contributed by atoms with van der Waals surface area (Å²) in [6.45, 7) is 6.15. The van der Waals surface area contributed by atoms with Crippen LogP contribution in [0.2, 0.25) is 0 Å². The standard InChI is InChI=1S/C12H20N2OS/c1-4-6-8-16-12-13-9(3)10(7-5-2)11(15)14-12/h4-8H2,1-3H3,(H,13,14,15). The van der Waals surface area contributed by atoms with Crippen LogP contribution in [-0.2, 0) is 6.42 Å². The molecule has 0 aliphatic carbocycles. The summed E-state index contributed by atoms with van der Waals surface area (Å²) >= 11 is 1.63. The van der Waals surface area contributed by atoms with Crippen molar-refractivity contribution in [1.82, 2.24) is 9.97 Å². The first-order valence-corrected chi connectivity index (χ1v) is 6.90. The van der Waals surface area contributed by atoms with E-state index >= 15 is 0 Å². The van der Waals surface area contributed by atoms with Gasteiger partial charge in [-0.1, -0.05) is 38.5 Å². The van der Waals surface area contributed by atoms with Crippen LogP contribution in [0.4, 0.5) is 0 Å². The number of rotatable bonds is 6. The largest absolute Gasteiger partial charge is 0.301 e. The molecule has 0 unspecified atom stereocenters. The van der Waals surface area contributed by atoms with Gasteiger partial charge in [0.1, 0.15) is 0 Å². The van der Waals surface area contributed by atoms with Gasteiger partial charge >= 0.3 is 0 Å². The normalized spacial score (nSPS) is 10.7. The second-order valence-electron chi connectivity index (χ2n) is 3.89. The number of aromatic nitrogens is 2. The predicted molar refractivity (Wildman–Crippen MR) is 69.2 cm³/mol. The molecule has 0 spiro atoms. The van der Waals surface area contributed by atoms with Gasteiger partial charge in [0.25, 0.3) is 5.56 Å². The molecule has 1 aromatic heterocycles. The molecule has 0 bridgehead atoms. The van der Waals surface area contributed by atoms with Crippen LogP contribution in [-0.4, -0.2) is 15.7 Å². The molecule has 0 fully saturated rings. The van der Waals surface area contributed by atoms with Crippen LogP contribution in [0.5, 0.6) is 0 Å². The van der Waals surface area contributed by atoms with Crippen LogP contribution in [0.25, 0.3) is 0 Å². The Kier molecular flexibility index (Phi) is 5.60. The van der Waals surface area contributed by atoms with Crippen LogP contribution >= 0.6 is 11.8 Å². The highest BCUT2D eigenvalue weighted by molar-refractivity contribution is 7.99. The zero-order valence-corrected chi connectivity index (χ0v) is 11.1. The van der Waals surface area contributed by atoms with E-state index in [0.717, 1.165) is 41.4 Å². The maximum absolute atomic E-state index is 11.8. The second kappa shape index (κ2) is 6.74. The third kappa shape index (κ3) is 3.67. The molecule has 3 nitrogen and oxygen atoms in total. The Balaban J connectivity index is 2.79. The molecule has 0 atom stereocenters. The molecule has 1 N–H and O–H groups in total. The number of aryl methyl sites for hydroxylation is 1. The zero-order valence-electron chi connectivity index (χ0n) is 10.3. The summed E-state index contributed by atoms with van der Waals surface area (Å²) in [5.41, 5.74) is 1.75. The maximum Gasteiger partial charge on any atom is 0.254 e. The molecule has 0 radical (unpaired) electrons. The molecular formula is C12H20N2OS. The average Bonchev–Trinajstić information content (AvgIpc) is 2.24. The van der Waals surface area contributed by atoms with Crippen molar-refractivity contribution in [2.45, 2.75) is 51.6 Å². The first-order chi connectivity index (χ1) is 7.69. The summed E-state index contributed by atoms with van der Waals surface area (Å²) in [5.74, 6) is 1.02. The quantitative estimate of drug-likeness (QED) is 0.472. The van der Waals surface area contributed by atoms with Crippen molar-refractivity contribution < 1.29 is 0 Å². The summed E-state index contributed by atoms with van der Waals surface area (Å²) in [6, 6.07) is 0. The number of nitrogens with one attached hydrogen (secondary N) is 1. The lowest BCUT2D eigenvalue weighted by molar-refractivity contribution is 0.815. The molecular weight excluding hydrogens is 220 g/mol. The number of aromatic amines is 1. The number of unbranched alkanes of at least 4 members (excludes halogenated alkanes) is 1. The van der Waals surface area contributed by atoms with E-state index in [1.54, 1.807) is 11.8 Å². The maximum atomic E-state index is 11.8. The minimum Gasteiger partial charge on any atom is -0.301 e. The molecule has 0 saturated heterocycles. The first-order valence-electron chi connectivity index (χ1n) is 5.91. The Labute approximate surface area is 101 Å². The Morgan fingerprint density at radius 1 is 1.31 bits per heavy atom. The monoisotopic (exact) mass is 240 g/mol. The summed E-state index contributed by atoms with van der Waals surface area (Å²) in [6.07, 6.45) is 4.12. The van der Waals surface area contributed by atoms with Crippen molar-refractivity contribution in [3.8, 4) is 0 Å². The van der Waals surface area contributed by atoms with Gasteiger partial charge in [-0.25, -0.2) is 4.98 Å². The van der Waals surface area contributed by atoms with Crippen LogP contribution in [0, 0.1) is 6.92 Å². The van der Waals surface area contributed by atoms with Gasteiger partial charge in [-0.2, -0.15) is 0 Å². The molecule has 0 aromatic carbocycles. The van der Waals surface area contributed by atoms with E-state index in [2.05, 4.69) is 23.8 Å². The molecule has 1 rings (SSSR count). The van der Waals surface area contributed by atoms with Gasteiger partial charge < -0.3 is 4.98 Å². The van der Waals surface area contributed by atoms with Crippen molar-refractivity contribution in [2.75, 3.05) is 5.75 Å².